The van der Waals surface area contributed by atoms with Crippen LogP contribution in [-0.4, -0.2) is 12.8 Å². The molecule has 0 aliphatic carbocycles. The number of allylic oxidation sites excluding steroid dienone is 1. The highest BCUT2D eigenvalue weighted by Gasteiger charge is 2.00. The minimum atomic E-state index is 0.522. The molecule has 0 radical (unpaired) electrons. The van der Waals surface area contributed by atoms with Crippen molar-refractivity contribution < 1.29 is 0 Å². The molecule has 0 aromatic carbocycles. The molecule has 0 bridgehead atoms. The van der Waals surface area contributed by atoms with Crippen molar-refractivity contribution in [3.63, 3.8) is 0 Å². The van der Waals surface area contributed by atoms with Gasteiger partial charge in [-0.05, 0) is 18.4 Å². The topological polar surface area (TPSA) is 12.4 Å². The van der Waals surface area contributed by atoms with E-state index in [-0.39, 0.29) is 0 Å². The lowest BCUT2D eigenvalue weighted by Gasteiger charge is -2.06. The summed E-state index contributed by atoms with van der Waals surface area (Å²) < 4.78 is 0. The van der Waals surface area contributed by atoms with E-state index in [0.717, 1.165) is 11.3 Å². The Balaban J connectivity index is 4.06. The van der Waals surface area contributed by atoms with Crippen LogP contribution in [0.15, 0.2) is 17.1 Å². The fourth-order valence-electron chi connectivity index (χ4n) is 0.561. The molecule has 1 heteroatoms. The first kappa shape index (κ1) is 8.41. The van der Waals surface area contributed by atoms with Gasteiger partial charge in [0.25, 0.3) is 0 Å². The smallest absolute Gasteiger partial charge is 0.0342 e. The SMILES string of the molecule is C=C(/C(C)=N\C)C(C)C. The Morgan fingerprint density at radius 3 is 2.00 bits per heavy atom. The van der Waals surface area contributed by atoms with Crippen LogP contribution < -0.4 is 0 Å². The number of nitrogens with zero attached hydrogens (tertiary/aromatic N) is 1. The van der Waals surface area contributed by atoms with Gasteiger partial charge in [0.2, 0.25) is 0 Å². The molecular formula is C8H15N. The molecule has 0 saturated heterocycles. The Bertz CT molecular complexity index is 132. The molecule has 0 saturated carbocycles. The van der Waals surface area contributed by atoms with E-state index in [0.29, 0.717) is 5.92 Å². The molecule has 0 fully saturated rings. The average Bonchev–Trinajstić information content (AvgIpc) is 1.84. The highest BCUT2D eigenvalue weighted by molar-refractivity contribution is 5.97. The van der Waals surface area contributed by atoms with E-state index >= 15 is 0 Å². The summed E-state index contributed by atoms with van der Waals surface area (Å²) in [4.78, 5) is 4.03. The lowest BCUT2D eigenvalue weighted by Crippen LogP contribution is -2.02. The molecule has 0 heterocycles. The predicted molar refractivity (Wildman–Crippen MR) is 43.0 cm³/mol. The van der Waals surface area contributed by atoms with Gasteiger partial charge in [-0.3, -0.25) is 4.99 Å². The number of aliphatic imine (C=N–C) groups is 1. The Morgan fingerprint density at radius 2 is 1.89 bits per heavy atom. The number of hydrogen-bond donors (Lipinski definition) is 0. The first-order valence-corrected chi connectivity index (χ1v) is 3.22. The maximum absolute atomic E-state index is 4.03. The minimum absolute atomic E-state index is 0.522. The molecule has 0 aromatic rings. The van der Waals surface area contributed by atoms with E-state index < -0.39 is 0 Å². The third-order valence-corrected chi connectivity index (χ3v) is 1.50. The van der Waals surface area contributed by atoms with E-state index in [1.54, 1.807) is 7.05 Å². The van der Waals surface area contributed by atoms with Gasteiger partial charge in [0.05, 0.1) is 0 Å². The molecule has 0 aliphatic rings. The monoisotopic (exact) mass is 125 g/mol. The summed E-state index contributed by atoms with van der Waals surface area (Å²) in [6, 6.07) is 0. The zero-order valence-electron chi connectivity index (χ0n) is 6.73. The second-order valence-corrected chi connectivity index (χ2v) is 2.49. The van der Waals surface area contributed by atoms with Crippen molar-refractivity contribution >= 4 is 5.71 Å². The molecule has 0 aromatic heterocycles. The molecule has 0 amide bonds. The van der Waals surface area contributed by atoms with E-state index in [1.165, 1.54) is 0 Å². The first-order valence-electron chi connectivity index (χ1n) is 3.22. The predicted octanol–water partition coefficient (Wildman–Crippen LogP) is 2.29. The third-order valence-electron chi connectivity index (χ3n) is 1.50. The normalized spacial score (nSPS) is 12.3. The molecule has 0 unspecified atom stereocenters. The summed E-state index contributed by atoms with van der Waals surface area (Å²) in [7, 11) is 1.79. The second kappa shape index (κ2) is 3.44. The molecule has 0 N–H and O–H groups in total. The molecule has 0 aliphatic heterocycles. The van der Waals surface area contributed by atoms with Gasteiger partial charge in [0.15, 0.2) is 0 Å². The largest absolute Gasteiger partial charge is 0.293 e. The highest BCUT2D eigenvalue weighted by atomic mass is 14.7. The van der Waals surface area contributed by atoms with Gasteiger partial charge in [0.1, 0.15) is 0 Å². The third kappa shape index (κ3) is 2.45. The Hall–Kier alpha value is -0.590. The zero-order chi connectivity index (χ0) is 7.44. The van der Waals surface area contributed by atoms with E-state index in [4.69, 9.17) is 0 Å². The number of rotatable bonds is 2. The summed E-state index contributed by atoms with van der Waals surface area (Å²) in [6.07, 6.45) is 0. The summed E-state index contributed by atoms with van der Waals surface area (Å²) in [5.74, 6) is 0.522. The molecule has 52 valence electrons. The van der Waals surface area contributed by atoms with Crippen LogP contribution in [0.25, 0.3) is 0 Å². The van der Waals surface area contributed by atoms with Crippen molar-refractivity contribution in [3.05, 3.63) is 12.2 Å². The quantitative estimate of drug-likeness (QED) is 0.502. The minimum Gasteiger partial charge on any atom is -0.293 e. The Labute approximate surface area is 57.5 Å². The van der Waals surface area contributed by atoms with Crippen LogP contribution in [0.2, 0.25) is 0 Å². The van der Waals surface area contributed by atoms with Crippen LogP contribution >= 0.6 is 0 Å². The molecule has 0 spiro atoms. The maximum atomic E-state index is 4.03. The molecule has 0 rings (SSSR count). The van der Waals surface area contributed by atoms with Crippen molar-refractivity contribution in [2.24, 2.45) is 10.9 Å². The molecule has 9 heavy (non-hydrogen) atoms. The average molecular weight is 125 g/mol. The van der Waals surface area contributed by atoms with Crippen LogP contribution in [0.3, 0.4) is 0 Å². The lowest BCUT2D eigenvalue weighted by molar-refractivity contribution is 0.804. The summed E-state index contributed by atoms with van der Waals surface area (Å²) >= 11 is 0. The maximum Gasteiger partial charge on any atom is 0.0342 e. The van der Waals surface area contributed by atoms with Crippen molar-refractivity contribution in [1.82, 2.24) is 0 Å². The van der Waals surface area contributed by atoms with E-state index in [1.807, 2.05) is 6.92 Å². The van der Waals surface area contributed by atoms with Gasteiger partial charge in [-0.15, -0.1) is 0 Å². The van der Waals surface area contributed by atoms with Crippen LogP contribution in [0, 0.1) is 5.92 Å². The Morgan fingerprint density at radius 1 is 1.44 bits per heavy atom. The van der Waals surface area contributed by atoms with Crippen LogP contribution in [0.1, 0.15) is 20.8 Å². The standard InChI is InChI=1S/C8H15N/c1-6(2)7(3)8(4)9-5/h6H,3H2,1-2,4-5H3/b9-8-. The van der Waals surface area contributed by atoms with Gasteiger partial charge in [-0.25, -0.2) is 0 Å². The highest BCUT2D eigenvalue weighted by Crippen LogP contribution is 2.07. The van der Waals surface area contributed by atoms with Crippen molar-refractivity contribution in [2.75, 3.05) is 7.05 Å². The van der Waals surface area contributed by atoms with Crippen molar-refractivity contribution in [2.45, 2.75) is 20.8 Å². The van der Waals surface area contributed by atoms with Gasteiger partial charge in [0, 0.05) is 12.8 Å². The van der Waals surface area contributed by atoms with E-state index in [9.17, 15) is 0 Å². The van der Waals surface area contributed by atoms with Crippen LogP contribution in [0.4, 0.5) is 0 Å². The van der Waals surface area contributed by atoms with Gasteiger partial charge >= 0.3 is 0 Å². The summed E-state index contributed by atoms with van der Waals surface area (Å²) in [5, 5.41) is 0. The van der Waals surface area contributed by atoms with Gasteiger partial charge in [-0.2, -0.15) is 0 Å². The van der Waals surface area contributed by atoms with Crippen LogP contribution in [0.5, 0.6) is 0 Å². The van der Waals surface area contributed by atoms with Crippen molar-refractivity contribution in [1.29, 1.82) is 0 Å². The lowest BCUT2D eigenvalue weighted by atomic mass is 10.0. The van der Waals surface area contributed by atoms with Crippen molar-refractivity contribution in [3.8, 4) is 0 Å². The number of hydrogen-bond acceptors (Lipinski definition) is 1. The first-order chi connectivity index (χ1) is 4.09. The zero-order valence-corrected chi connectivity index (χ0v) is 6.73. The fraction of sp³-hybridized carbons (Fsp3) is 0.625. The molecule has 1 nitrogen and oxygen atoms in total. The second-order valence-electron chi connectivity index (χ2n) is 2.49. The van der Waals surface area contributed by atoms with E-state index in [2.05, 4.69) is 25.4 Å². The Kier molecular flexibility index (Phi) is 3.21. The van der Waals surface area contributed by atoms with Crippen LogP contribution in [-0.2, 0) is 0 Å². The fourth-order valence-corrected chi connectivity index (χ4v) is 0.561. The van der Waals surface area contributed by atoms with Gasteiger partial charge in [-0.1, -0.05) is 20.4 Å². The summed E-state index contributed by atoms with van der Waals surface area (Å²) in [6.45, 7) is 10.1. The molecule has 0 atom stereocenters. The molecular weight excluding hydrogens is 110 g/mol. The summed E-state index contributed by atoms with van der Waals surface area (Å²) in [5.41, 5.74) is 2.20. The van der Waals surface area contributed by atoms with Gasteiger partial charge < -0.3 is 0 Å².